The highest BCUT2D eigenvalue weighted by Gasteiger charge is 2.25. The maximum atomic E-state index is 14.3. The first-order chi connectivity index (χ1) is 10.9. The summed E-state index contributed by atoms with van der Waals surface area (Å²) in [6, 6.07) is 3.71. The van der Waals surface area contributed by atoms with Crippen LogP contribution in [0.25, 0.3) is 5.69 Å². The molecule has 0 amide bonds. The topological polar surface area (TPSA) is 90.3 Å². The molecular formula is C15H13F2N3O3. The molecule has 1 heterocycles. The minimum absolute atomic E-state index is 0.00602. The molecule has 1 aromatic heterocycles. The summed E-state index contributed by atoms with van der Waals surface area (Å²) >= 11 is 0. The lowest BCUT2D eigenvalue weighted by Crippen LogP contribution is -2.13. The maximum Gasteiger partial charge on any atom is 0.357 e. The molecule has 0 spiro atoms. The fourth-order valence-corrected chi connectivity index (χ4v) is 2.11. The van der Waals surface area contributed by atoms with Crippen molar-refractivity contribution in [3.63, 3.8) is 0 Å². The first kappa shape index (κ1) is 16.3. The summed E-state index contributed by atoms with van der Waals surface area (Å²) in [6.45, 7) is 1.91. The van der Waals surface area contributed by atoms with Crippen molar-refractivity contribution in [3.05, 3.63) is 41.2 Å². The Morgan fingerprint density at radius 2 is 2.00 bits per heavy atom. The Kier molecular flexibility index (Phi) is 4.50. The van der Waals surface area contributed by atoms with E-state index in [1.807, 2.05) is 0 Å². The first-order valence-electron chi connectivity index (χ1n) is 6.56. The third-order valence-corrected chi connectivity index (χ3v) is 3.09. The van der Waals surface area contributed by atoms with Gasteiger partial charge in [0.25, 0.3) is 0 Å². The van der Waals surface area contributed by atoms with Crippen molar-refractivity contribution in [2.45, 2.75) is 6.92 Å². The lowest BCUT2D eigenvalue weighted by molar-refractivity contribution is 0.0593. The highest BCUT2D eigenvalue weighted by molar-refractivity contribution is 5.96. The maximum absolute atomic E-state index is 14.3. The zero-order valence-electron chi connectivity index (χ0n) is 12.4. The van der Waals surface area contributed by atoms with E-state index in [-0.39, 0.29) is 29.3 Å². The average Bonchev–Trinajstić information content (AvgIpc) is 2.82. The van der Waals surface area contributed by atoms with Crippen LogP contribution in [0, 0.1) is 23.0 Å². The fraction of sp³-hybridized carbons (Fsp3) is 0.200. The van der Waals surface area contributed by atoms with Gasteiger partial charge in [0.2, 0.25) is 0 Å². The van der Waals surface area contributed by atoms with Gasteiger partial charge in [0.05, 0.1) is 25.0 Å². The summed E-state index contributed by atoms with van der Waals surface area (Å²) in [5, 5.41) is 9.01. The zero-order chi connectivity index (χ0) is 17.1. The number of nitriles is 1. The van der Waals surface area contributed by atoms with Gasteiger partial charge in [-0.2, -0.15) is 5.26 Å². The summed E-state index contributed by atoms with van der Waals surface area (Å²) in [5.41, 5.74) is 4.50. The van der Waals surface area contributed by atoms with Gasteiger partial charge in [0.15, 0.2) is 17.3 Å². The molecular weight excluding hydrogens is 308 g/mol. The van der Waals surface area contributed by atoms with Crippen LogP contribution in [0.15, 0.2) is 18.3 Å². The first-order valence-corrected chi connectivity index (χ1v) is 6.56. The summed E-state index contributed by atoms with van der Waals surface area (Å²) < 4.78 is 39.1. The number of anilines is 1. The van der Waals surface area contributed by atoms with E-state index in [4.69, 9.17) is 15.7 Å². The van der Waals surface area contributed by atoms with Crippen molar-refractivity contribution >= 4 is 11.7 Å². The molecule has 0 saturated carbocycles. The normalized spacial score (nSPS) is 10.2. The Morgan fingerprint density at radius 1 is 1.39 bits per heavy atom. The van der Waals surface area contributed by atoms with Crippen LogP contribution in [0.5, 0.6) is 5.75 Å². The number of esters is 1. The van der Waals surface area contributed by atoms with Crippen molar-refractivity contribution < 1.29 is 23.0 Å². The molecule has 120 valence electrons. The van der Waals surface area contributed by atoms with Gasteiger partial charge in [-0.15, -0.1) is 0 Å². The number of hydrogen-bond acceptors (Lipinski definition) is 5. The van der Waals surface area contributed by atoms with Gasteiger partial charge in [-0.05, 0) is 6.92 Å². The number of methoxy groups -OCH3 is 1. The number of nitrogens with zero attached hydrogens (tertiary/aromatic N) is 2. The third-order valence-electron chi connectivity index (χ3n) is 3.09. The van der Waals surface area contributed by atoms with Crippen LogP contribution < -0.4 is 10.5 Å². The lowest BCUT2D eigenvalue weighted by atomic mass is 10.2. The van der Waals surface area contributed by atoms with E-state index in [1.54, 1.807) is 13.0 Å². The second kappa shape index (κ2) is 6.36. The van der Waals surface area contributed by atoms with Crippen LogP contribution in [0.4, 0.5) is 14.5 Å². The van der Waals surface area contributed by atoms with Crippen molar-refractivity contribution in [2.24, 2.45) is 0 Å². The predicted octanol–water partition coefficient (Wildman–Crippen LogP) is 2.39. The third kappa shape index (κ3) is 2.81. The van der Waals surface area contributed by atoms with Gasteiger partial charge >= 0.3 is 5.97 Å². The number of carbonyl (C=O) groups is 1. The van der Waals surface area contributed by atoms with Gasteiger partial charge in [0, 0.05) is 18.3 Å². The van der Waals surface area contributed by atoms with Crippen LogP contribution in [0.3, 0.4) is 0 Å². The Morgan fingerprint density at radius 3 is 2.48 bits per heavy atom. The fourth-order valence-electron chi connectivity index (χ4n) is 2.11. The number of carbonyl (C=O) groups excluding carboxylic acids is 1. The molecule has 6 nitrogen and oxygen atoms in total. The van der Waals surface area contributed by atoms with Crippen LogP contribution in [0.2, 0.25) is 0 Å². The minimum atomic E-state index is -0.974. The highest BCUT2D eigenvalue weighted by Crippen LogP contribution is 2.30. The Balaban J connectivity index is 2.72. The molecule has 2 N–H and O–H groups in total. The van der Waals surface area contributed by atoms with E-state index < -0.39 is 23.3 Å². The van der Waals surface area contributed by atoms with Gasteiger partial charge in [0.1, 0.15) is 17.5 Å². The molecule has 0 fully saturated rings. The van der Waals surface area contributed by atoms with E-state index in [9.17, 15) is 13.6 Å². The number of benzene rings is 1. The summed E-state index contributed by atoms with van der Waals surface area (Å²) in [7, 11) is 1.09. The molecule has 2 rings (SSSR count). The van der Waals surface area contributed by atoms with Crippen molar-refractivity contribution in [1.29, 1.82) is 5.26 Å². The Hall–Kier alpha value is -3.08. The zero-order valence-corrected chi connectivity index (χ0v) is 12.4. The smallest absolute Gasteiger partial charge is 0.357 e. The molecule has 2 aromatic rings. The van der Waals surface area contributed by atoms with Gasteiger partial charge < -0.3 is 19.8 Å². The molecule has 0 aliphatic rings. The van der Waals surface area contributed by atoms with E-state index in [0.29, 0.717) is 0 Å². The molecule has 8 heteroatoms. The molecule has 0 unspecified atom stereocenters. The molecule has 0 saturated heterocycles. The average molecular weight is 321 g/mol. The second-order valence-corrected chi connectivity index (χ2v) is 4.45. The lowest BCUT2D eigenvalue weighted by Gasteiger charge is -2.12. The Labute approximate surface area is 130 Å². The van der Waals surface area contributed by atoms with E-state index >= 15 is 0 Å². The predicted molar refractivity (Wildman–Crippen MR) is 77.3 cm³/mol. The van der Waals surface area contributed by atoms with Gasteiger partial charge in [-0.3, -0.25) is 0 Å². The number of hydrogen-bond donors (Lipinski definition) is 1. The van der Waals surface area contributed by atoms with Crippen molar-refractivity contribution in [3.8, 4) is 17.5 Å². The van der Waals surface area contributed by atoms with Crippen LogP contribution in [0.1, 0.15) is 23.0 Å². The standard InChI is InChI=1S/C15H13F2N3O3/c1-3-23-9-4-10(16)13(11(17)5-9)20-7-8(6-18)12(19)14(20)15(21)22-2/h4-5,7H,3,19H2,1-2H3. The van der Waals surface area contributed by atoms with E-state index in [0.717, 1.165) is 30.0 Å². The number of nitrogens with two attached hydrogens (primary N) is 1. The molecule has 1 aromatic carbocycles. The molecule has 23 heavy (non-hydrogen) atoms. The van der Waals surface area contributed by atoms with Crippen LogP contribution in [-0.2, 0) is 4.74 Å². The van der Waals surface area contributed by atoms with Gasteiger partial charge in [-0.25, -0.2) is 13.6 Å². The number of ether oxygens (including phenoxy) is 2. The Bertz CT molecular complexity index is 786. The molecule has 0 aliphatic carbocycles. The quantitative estimate of drug-likeness (QED) is 0.873. The summed E-state index contributed by atoms with van der Waals surface area (Å²) in [5.74, 6) is -2.86. The van der Waals surface area contributed by atoms with Crippen molar-refractivity contribution in [1.82, 2.24) is 4.57 Å². The summed E-state index contributed by atoms with van der Waals surface area (Å²) in [6.07, 6.45) is 1.07. The number of nitrogen functional groups attached to an aromatic ring is 1. The molecule has 0 atom stereocenters. The highest BCUT2D eigenvalue weighted by atomic mass is 19.1. The van der Waals surface area contributed by atoms with E-state index in [1.165, 1.54) is 0 Å². The molecule has 0 radical (unpaired) electrons. The van der Waals surface area contributed by atoms with Crippen molar-refractivity contribution in [2.75, 3.05) is 19.5 Å². The monoisotopic (exact) mass is 321 g/mol. The number of halogens is 2. The van der Waals surface area contributed by atoms with Crippen LogP contribution >= 0.6 is 0 Å². The number of aromatic nitrogens is 1. The van der Waals surface area contributed by atoms with Gasteiger partial charge in [-0.1, -0.05) is 0 Å². The van der Waals surface area contributed by atoms with Crippen LogP contribution in [-0.4, -0.2) is 24.3 Å². The second-order valence-electron chi connectivity index (χ2n) is 4.45. The summed E-state index contributed by atoms with van der Waals surface area (Å²) in [4.78, 5) is 11.8. The number of rotatable bonds is 4. The van der Waals surface area contributed by atoms with E-state index in [2.05, 4.69) is 4.74 Å². The molecule has 0 aliphatic heterocycles. The largest absolute Gasteiger partial charge is 0.494 e. The minimum Gasteiger partial charge on any atom is -0.494 e. The molecule has 0 bridgehead atoms. The SMILES string of the molecule is CCOc1cc(F)c(-n2cc(C#N)c(N)c2C(=O)OC)c(F)c1.